The number of hydrogen-bond donors (Lipinski definition) is 1. The largest absolute Gasteiger partial charge is 0.380 e. The highest BCUT2D eigenvalue weighted by molar-refractivity contribution is 9.11. The standard InChI is InChI=1S/C13H10Br2ClN/c14-10-4-5-13(12(15)7-10)17-8-9-2-1-3-11(16)6-9/h1-7,17H,8H2. The Morgan fingerprint density at radius 2 is 1.88 bits per heavy atom. The fraction of sp³-hybridized carbons (Fsp3) is 0.0769. The first-order valence-corrected chi connectivity index (χ1v) is 7.05. The molecule has 0 fully saturated rings. The van der Waals surface area contributed by atoms with Crippen LogP contribution in [0, 0.1) is 0 Å². The molecule has 0 spiro atoms. The average Bonchev–Trinajstić information content (AvgIpc) is 2.28. The van der Waals surface area contributed by atoms with Crippen molar-refractivity contribution in [3.05, 3.63) is 62.0 Å². The lowest BCUT2D eigenvalue weighted by Crippen LogP contribution is -1.99. The van der Waals surface area contributed by atoms with Gasteiger partial charge in [0.2, 0.25) is 0 Å². The molecule has 0 aliphatic carbocycles. The summed E-state index contributed by atoms with van der Waals surface area (Å²) in [6, 6.07) is 13.9. The molecule has 17 heavy (non-hydrogen) atoms. The van der Waals surface area contributed by atoms with Gasteiger partial charge in [0.25, 0.3) is 0 Å². The number of hydrogen-bond acceptors (Lipinski definition) is 1. The highest BCUT2D eigenvalue weighted by atomic mass is 79.9. The van der Waals surface area contributed by atoms with Gasteiger partial charge in [0.05, 0.1) is 0 Å². The van der Waals surface area contributed by atoms with E-state index in [1.165, 1.54) is 0 Å². The molecule has 0 bridgehead atoms. The van der Waals surface area contributed by atoms with Crippen molar-refractivity contribution in [3.63, 3.8) is 0 Å². The maximum absolute atomic E-state index is 5.94. The summed E-state index contributed by atoms with van der Waals surface area (Å²) < 4.78 is 2.09. The topological polar surface area (TPSA) is 12.0 Å². The Morgan fingerprint density at radius 1 is 1.06 bits per heavy atom. The summed E-state index contributed by atoms with van der Waals surface area (Å²) >= 11 is 12.9. The van der Waals surface area contributed by atoms with Gasteiger partial charge >= 0.3 is 0 Å². The highest BCUT2D eigenvalue weighted by Gasteiger charge is 2.00. The summed E-state index contributed by atoms with van der Waals surface area (Å²) in [6.45, 7) is 0.751. The molecule has 88 valence electrons. The van der Waals surface area contributed by atoms with E-state index in [0.29, 0.717) is 0 Å². The molecule has 4 heteroatoms. The number of halogens is 3. The first kappa shape index (κ1) is 12.9. The van der Waals surface area contributed by atoms with Gasteiger partial charge in [-0.15, -0.1) is 0 Å². The maximum atomic E-state index is 5.94. The predicted molar refractivity (Wildman–Crippen MR) is 80.6 cm³/mol. The SMILES string of the molecule is Clc1cccc(CNc2ccc(Br)cc2Br)c1. The van der Waals surface area contributed by atoms with Crippen molar-refractivity contribution in [3.8, 4) is 0 Å². The van der Waals surface area contributed by atoms with Gasteiger partial charge in [-0.1, -0.05) is 39.7 Å². The van der Waals surface area contributed by atoms with Crippen LogP contribution in [0.15, 0.2) is 51.4 Å². The molecule has 0 aromatic heterocycles. The highest BCUT2D eigenvalue weighted by Crippen LogP contribution is 2.26. The molecule has 0 amide bonds. The molecular weight excluding hydrogens is 365 g/mol. The predicted octanol–water partition coefficient (Wildman–Crippen LogP) is 5.48. The van der Waals surface area contributed by atoms with Crippen LogP contribution in [0.2, 0.25) is 5.02 Å². The van der Waals surface area contributed by atoms with Crippen LogP contribution >= 0.6 is 43.5 Å². The monoisotopic (exact) mass is 373 g/mol. The Bertz CT molecular complexity index is 529. The zero-order valence-corrected chi connectivity index (χ0v) is 12.8. The van der Waals surface area contributed by atoms with E-state index >= 15 is 0 Å². The average molecular weight is 375 g/mol. The van der Waals surface area contributed by atoms with Crippen molar-refractivity contribution in [2.45, 2.75) is 6.54 Å². The van der Waals surface area contributed by atoms with E-state index in [9.17, 15) is 0 Å². The van der Waals surface area contributed by atoms with Crippen molar-refractivity contribution < 1.29 is 0 Å². The Labute approximate surface area is 122 Å². The number of benzene rings is 2. The van der Waals surface area contributed by atoms with E-state index in [2.05, 4.69) is 37.2 Å². The van der Waals surface area contributed by atoms with Crippen LogP contribution in [0.1, 0.15) is 5.56 Å². The van der Waals surface area contributed by atoms with Crippen molar-refractivity contribution in [1.29, 1.82) is 0 Å². The first-order valence-electron chi connectivity index (χ1n) is 5.08. The van der Waals surface area contributed by atoms with Gasteiger partial charge in [-0.25, -0.2) is 0 Å². The third-order valence-electron chi connectivity index (χ3n) is 2.30. The third kappa shape index (κ3) is 3.73. The zero-order valence-electron chi connectivity index (χ0n) is 8.88. The van der Waals surface area contributed by atoms with Gasteiger partial charge in [0.15, 0.2) is 0 Å². The van der Waals surface area contributed by atoms with Crippen LogP contribution in [0.5, 0.6) is 0 Å². The zero-order chi connectivity index (χ0) is 12.3. The molecule has 0 heterocycles. The Kier molecular flexibility index (Phi) is 4.48. The van der Waals surface area contributed by atoms with E-state index in [0.717, 1.165) is 31.8 Å². The second kappa shape index (κ2) is 5.89. The van der Waals surface area contributed by atoms with E-state index in [1.54, 1.807) is 0 Å². The second-order valence-electron chi connectivity index (χ2n) is 3.61. The molecule has 2 aromatic carbocycles. The van der Waals surface area contributed by atoms with Gasteiger partial charge in [0, 0.05) is 26.2 Å². The van der Waals surface area contributed by atoms with Crippen molar-refractivity contribution in [2.24, 2.45) is 0 Å². The lowest BCUT2D eigenvalue weighted by Gasteiger charge is -2.09. The van der Waals surface area contributed by atoms with Crippen LogP contribution in [0.3, 0.4) is 0 Å². The minimum atomic E-state index is 0.751. The Hall–Kier alpha value is -0.510. The lowest BCUT2D eigenvalue weighted by molar-refractivity contribution is 1.15. The van der Waals surface area contributed by atoms with Gasteiger partial charge in [-0.05, 0) is 51.8 Å². The minimum absolute atomic E-state index is 0.751. The molecule has 0 unspecified atom stereocenters. The number of nitrogens with one attached hydrogen (secondary N) is 1. The smallest absolute Gasteiger partial charge is 0.0488 e. The van der Waals surface area contributed by atoms with Gasteiger partial charge in [-0.3, -0.25) is 0 Å². The van der Waals surface area contributed by atoms with E-state index < -0.39 is 0 Å². The van der Waals surface area contributed by atoms with Crippen molar-refractivity contribution in [1.82, 2.24) is 0 Å². The van der Waals surface area contributed by atoms with Crippen molar-refractivity contribution in [2.75, 3.05) is 5.32 Å². The fourth-order valence-corrected chi connectivity index (χ4v) is 2.88. The molecule has 0 aliphatic heterocycles. The van der Waals surface area contributed by atoms with E-state index in [-0.39, 0.29) is 0 Å². The third-order valence-corrected chi connectivity index (χ3v) is 3.69. The summed E-state index contributed by atoms with van der Waals surface area (Å²) in [6.07, 6.45) is 0. The molecule has 1 N–H and O–H groups in total. The van der Waals surface area contributed by atoms with Gasteiger partial charge in [0.1, 0.15) is 0 Å². The van der Waals surface area contributed by atoms with Crippen LogP contribution in [0.25, 0.3) is 0 Å². The minimum Gasteiger partial charge on any atom is -0.380 e. The fourth-order valence-electron chi connectivity index (χ4n) is 1.48. The van der Waals surface area contributed by atoms with Crippen molar-refractivity contribution >= 4 is 49.1 Å². The number of anilines is 1. The normalized spacial score (nSPS) is 10.3. The van der Waals surface area contributed by atoms with Gasteiger partial charge < -0.3 is 5.32 Å². The summed E-state index contributed by atoms with van der Waals surface area (Å²) in [4.78, 5) is 0. The molecule has 0 radical (unpaired) electrons. The molecule has 0 saturated heterocycles. The van der Waals surface area contributed by atoms with Crippen LogP contribution in [0.4, 0.5) is 5.69 Å². The molecular formula is C13H10Br2ClN. The van der Waals surface area contributed by atoms with Crippen LogP contribution < -0.4 is 5.32 Å². The van der Waals surface area contributed by atoms with E-state index in [1.807, 2.05) is 42.5 Å². The summed E-state index contributed by atoms with van der Waals surface area (Å²) in [7, 11) is 0. The molecule has 0 aliphatic rings. The second-order valence-corrected chi connectivity index (χ2v) is 5.81. The molecule has 0 saturated carbocycles. The van der Waals surface area contributed by atoms with E-state index in [4.69, 9.17) is 11.6 Å². The molecule has 2 aromatic rings. The quantitative estimate of drug-likeness (QED) is 0.749. The Balaban J connectivity index is 2.07. The van der Waals surface area contributed by atoms with Crippen LogP contribution in [-0.2, 0) is 6.54 Å². The first-order chi connectivity index (χ1) is 8.15. The van der Waals surface area contributed by atoms with Crippen LogP contribution in [-0.4, -0.2) is 0 Å². The maximum Gasteiger partial charge on any atom is 0.0488 e. The summed E-state index contributed by atoms with van der Waals surface area (Å²) in [5, 5.41) is 4.12. The summed E-state index contributed by atoms with van der Waals surface area (Å²) in [5.41, 5.74) is 2.22. The molecule has 2 rings (SSSR count). The lowest BCUT2D eigenvalue weighted by atomic mass is 10.2. The Morgan fingerprint density at radius 3 is 2.59 bits per heavy atom. The number of rotatable bonds is 3. The molecule has 1 nitrogen and oxygen atoms in total. The molecule has 0 atom stereocenters. The van der Waals surface area contributed by atoms with Gasteiger partial charge in [-0.2, -0.15) is 0 Å². The summed E-state index contributed by atoms with van der Waals surface area (Å²) in [5.74, 6) is 0.